The summed E-state index contributed by atoms with van der Waals surface area (Å²) in [5, 5.41) is 0. The molecule has 1 aromatic rings. The Morgan fingerprint density at radius 2 is 2.04 bits per heavy atom. The smallest absolute Gasteiger partial charge is 0.308 e. The second-order valence-electron chi connectivity index (χ2n) is 5.67. The third-order valence-corrected chi connectivity index (χ3v) is 5.76. The van der Waals surface area contributed by atoms with E-state index in [0.29, 0.717) is 12.0 Å². The maximum absolute atomic E-state index is 12.8. The number of pyridine rings is 1. The van der Waals surface area contributed by atoms with Crippen molar-refractivity contribution < 1.29 is 27.5 Å². The second-order valence-corrected chi connectivity index (χ2v) is 7.68. The Bertz CT molecular complexity index is 833. The predicted octanol–water partition coefficient (Wildman–Crippen LogP) is 0.664. The Labute approximate surface area is 139 Å². The average molecular weight is 352 g/mol. The molecule has 3 rings (SSSR count). The fourth-order valence-electron chi connectivity index (χ4n) is 2.73. The summed E-state index contributed by atoms with van der Waals surface area (Å²) in [5.41, 5.74) is -1.00. The second kappa shape index (κ2) is 5.59. The number of esters is 1. The lowest BCUT2D eigenvalue weighted by atomic mass is 9.92. The Balaban J connectivity index is 2.08. The van der Waals surface area contributed by atoms with Crippen LogP contribution in [0.5, 0.6) is 0 Å². The molecule has 1 fully saturated rings. The van der Waals surface area contributed by atoms with Gasteiger partial charge in [0.2, 0.25) is 15.8 Å². The molecule has 1 saturated heterocycles. The molecule has 0 radical (unpaired) electrons. The minimum absolute atomic E-state index is 0.0482. The first-order chi connectivity index (χ1) is 11.3. The molecule has 0 aliphatic carbocycles. The summed E-state index contributed by atoms with van der Waals surface area (Å²) in [5.74, 6) is -2.00. The van der Waals surface area contributed by atoms with E-state index in [2.05, 4.69) is 4.98 Å². The van der Waals surface area contributed by atoms with Gasteiger partial charge in [0.15, 0.2) is 5.60 Å². The molecule has 3 heterocycles. The highest BCUT2D eigenvalue weighted by Gasteiger charge is 2.52. The number of hydrogen-bond donors (Lipinski definition) is 0. The number of carbonyl (C=O) groups excluding carboxylic acids is 2. The van der Waals surface area contributed by atoms with Gasteiger partial charge in [0.05, 0.1) is 5.75 Å². The average Bonchev–Trinajstić information content (AvgIpc) is 3.00. The molecule has 1 aromatic heterocycles. The van der Waals surface area contributed by atoms with Crippen molar-refractivity contribution in [2.75, 3.05) is 12.3 Å². The highest BCUT2D eigenvalue weighted by molar-refractivity contribution is 7.89. The molecule has 9 heteroatoms. The molecule has 0 amide bonds. The largest absolute Gasteiger partial charge is 0.456 e. The van der Waals surface area contributed by atoms with E-state index in [9.17, 15) is 18.0 Å². The topological polar surface area (TPSA) is 103 Å². The Hall–Kier alpha value is -2.42. The van der Waals surface area contributed by atoms with Crippen LogP contribution in [-0.4, -0.2) is 41.8 Å². The summed E-state index contributed by atoms with van der Waals surface area (Å²) in [6.45, 7) is 2.81. The lowest BCUT2D eigenvalue weighted by Crippen LogP contribution is -2.33. The Morgan fingerprint density at radius 1 is 1.38 bits per heavy atom. The van der Waals surface area contributed by atoms with E-state index in [4.69, 9.17) is 9.47 Å². The number of sulfonamides is 1. The van der Waals surface area contributed by atoms with E-state index in [-0.39, 0.29) is 23.9 Å². The quantitative estimate of drug-likeness (QED) is 0.736. The van der Waals surface area contributed by atoms with Crippen molar-refractivity contribution in [1.82, 2.24) is 9.29 Å². The monoisotopic (exact) mass is 352 g/mol. The first kappa shape index (κ1) is 16.4. The summed E-state index contributed by atoms with van der Waals surface area (Å²) >= 11 is 0. The number of ether oxygens (including phenoxy) is 2. The van der Waals surface area contributed by atoms with Crippen molar-refractivity contribution >= 4 is 21.8 Å². The van der Waals surface area contributed by atoms with Crippen LogP contribution in [0.2, 0.25) is 0 Å². The standard InChI is InChI=1S/C15H16N2O6S/c1-10(18)22-12-13(19)15(2,11-4-6-16-7-5-11)23-14(12)17-8-3-9-24(17,20)21/h4-7H,3,8-9H2,1-2H3. The molecule has 0 N–H and O–H groups in total. The van der Waals surface area contributed by atoms with Crippen molar-refractivity contribution in [2.45, 2.75) is 25.9 Å². The van der Waals surface area contributed by atoms with Gasteiger partial charge in [0, 0.05) is 31.4 Å². The molecule has 0 aromatic carbocycles. The first-order valence-electron chi connectivity index (χ1n) is 7.33. The van der Waals surface area contributed by atoms with Crippen molar-refractivity contribution in [3.8, 4) is 0 Å². The molecule has 1 unspecified atom stereocenters. The Morgan fingerprint density at radius 3 is 2.58 bits per heavy atom. The van der Waals surface area contributed by atoms with E-state index in [1.807, 2.05) is 0 Å². The van der Waals surface area contributed by atoms with Crippen LogP contribution >= 0.6 is 0 Å². The van der Waals surface area contributed by atoms with Crippen molar-refractivity contribution in [1.29, 1.82) is 0 Å². The number of hydrogen-bond acceptors (Lipinski definition) is 7. The van der Waals surface area contributed by atoms with E-state index in [1.54, 1.807) is 12.1 Å². The predicted molar refractivity (Wildman–Crippen MR) is 81.6 cm³/mol. The highest BCUT2D eigenvalue weighted by atomic mass is 32.2. The minimum Gasteiger partial charge on any atom is -0.456 e. The van der Waals surface area contributed by atoms with Crippen LogP contribution < -0.4 is 0 Å². The third kappa shape index (κ3) is 2.54. The molecule has 128 valence electrons. The van der Waals surface area contributed by atoms with Crippen LogP contribution in [0.25, 0.3) is 0 Å². The number of nitrogens with zero attached hydrogens (tertiary/aromatic N) is 2. The molecule has 0 bridgehead atoms. The lowest BCUT2D eigenvalue weighted by molar-refractivity contribution is -0.142. The van der Waals surface area contributed by atoms with E-state index in [0.717, 1.165) is 11.2 Å². The van der Waals surface area contributed by atoms with Crippen molar-refractivity contribution in [2.24, 2.45) is 0 Å². The fraction of sp³-hybridized carbons (Fsp3) is 0.400. The molecule has 24 heavy (non-hydrogen) atoms. The summed E-state index contributed by atoms with van der Waals surface area (Å²) in [7, 11) is -3.60. The summed E-state index contributed by atoms with van der Waals surface area (Å²) in [6, 6.07) is 3.18. The van der Waals surface area contributed by atoms with Crippen LogP contribution in [-0.2, 0) is 34.7 Å². The summed E-state index contributed by atoms with van der Waals surface area (Å²) < 4.78 is 36.1. The maximum atomic E-state index is 12.8. The van der Waals surface area contributed by atoms with Crippen LogP contribution in [0.1, 0.15) is 25.8 Å². The fourth-order valence-corrected chi connectivity index (χ4v) is 4.22. The zero-order chi connectivity index (χ0) is 17.5. The van der Waals surface area contributed by atoms with Crippen LogP contribution in [0.4, 0.5) is 0 Å². The van der Waals surface area contributed by atoms with Gasteiger partial charge in [0.25, 0.3) is 11.7 Å². The van der Waals surface area contributed by atoms with E-state index >= 15 is 0 Å². The Kier molecular flexibility index (Phi) is 3.83. The van der Waals surface area contributed by atoms with Gasteiger partial charge in [-0.1, -0.05) is 0 Å². The zero-order valence-corrected chi connectivity index (χ0v) is 14.0. The van der Waals surface area contributed by atoms with Crippen LogP contribution in [0.15, 0.2) is 36.2 Å². The lowest BCUT2D eigenvalue weighted by Gasteiger charge is -2.25. The SMILES string of the molecule is CC(=O)OC1=C(N2CCCS2(=O)=O)OC(C)(c2ccncc2)C1=O. The van der Waals surface area contributed by atoms with Gasteiger partial charge in [-0.15, -0.1) is 0 Å². The van der Waals surface area contributed by atoms with E-state index in [1.165, 1.54) is 19.3 Å². The van der Waals surface area contributed by atoms with Gasteiger partial charge >= 0.3 is 5.97 Å². The zero-order valence-electron chi connectivity index (χ0n) is 13.2. The van der Waals surface area contributed by atoms with Gasteiger partial charge in [-0.2, -0.15) is 0 Å². The third-order valence-electron chi connectivity index (χ3n) is 3.94. The highest BCUT2D eigenvalue weighted by Crippen LogP contribution is 2.41. The number of ketones is 1. The molecule has 2 aliphatic rings. The van der Waals surface area contributed by atoms with Gasteiger partial charge in [-0.3, -0.25) is 14.6 Å². The first-order valence-corrected chi connectivity index (χ1v) is 8.94. The normalized spacial score (nSPS) is 25.8. The molecule has 8 nitrogen and oxygen atoms in total. The molecular formula is C15H16N2O6S. The molecule has 0 saturated carbocycles. The van der Waals surface area contributed by atoms with Crippen molar-refractivity contribution in [3.05, 3.63) is 41.7 Å². The van der Waals surface area contributed by atoms with Gasteiger partial charge < -0.3 is 9.47 Å². The van der Waals surface area contributed by atoms with Crippen LogP contribution in [0.3, 0.4) is 0 Å². The summed E-state index contributed by atoms with van der Waals surface area (Å²) in [4.78, 5) is 28.1. The maximum Gasteiger partial charge on any atom is 0.308 e. The number of carbonyl (C=O) groups is 2. The molecular weight excluding hydrogens is 336 g/mol. The van der Waals surface area contributed by atoms with Gasteiger partial charge in [-0.25, -0.2) is 12.7 Å². The van der Waals surface area contributed by atoms with Crippen molar-refractivity contribution in [3.63, 3.8) is 0 Å². The molecule has 2 aliphatic heterocycles. The molecule has 1 atom stereocenters. The van der Waals surface area contributed by atoms with E-state index < -0.39 is 27.4 Å². The number of rotatable bonds is 3. The molecule has 0 spiro atoms. The van der Waals surface area contributed by atoms with Gasteiger partial charge in [0.1, 0.15) is 0 Å². The number of Topliss-reactive ketones (excluding diaryl/α,β-unsaturated/α-hetero) is 1. The number of aromatic nitrogens is 1. The van der Waals surface area contributed by atoms with Crippen LogP contribution in [0, 0.1) is 0 Å². The van der Waals surface area contributed by atoms with Gasteiger partial charge in [-0.05, 0) is 25.5 Å². The summed E-state index contributed by atoms with van der Waals surface area (Å²) in [6.07, 6.45) is 3.39. The minimum atomic E-state index is -3.60.